The summed E-state index contributed by atoms with van der Waals surface area (Å²) in [7, 11) is 1.44. The van der Waals surface area contributed by atoms with E-state index in [-0.39, 0.29) is 36.3 Å². The van der Waals surface area contributed by atoms with Gasteiger partial charge in [-0.1, -0.05) is 12.1 Å². The minimum atomic E-state index is -0.594. The fourth-order valence-corrected chi connectivity index (χ4v) is 4.13. The summed E-state index contributed by atoms with van der Waals surface area (Å²) in [6.07, 6.45) is 0. The van der Waals surface area contributed by atoms with Crippen LogP contribution in [-0.2, 0) is 0 Å². The SMILES string of the molecule is COc1cc([C@H]2c3c(-c4ccccc4O)n[nH]c3C(=O)N2CCO)cc(Br)c1O. The normalized spacial score (nSPS) is 15.6. The van der Waals surface area contributed by atoms with Crippen molar-refractivity contribution in [2.24, 2.45) is 0 Å². The lowest BCUT2D eigenvalue weighted by molar-refractivity contribution is 0.0706. The number of nitrogens with one attached hydrogen (secondary N) is 1. The Morgan fingerprint density at radius 3 is 2.72 bits per heavy atom. The predicted molar refractivity (Wildman–Crippen MR) is 108 cm³/mol. The maximum absolute atomic E-state index is 13.0. The van der Waals surface area contributed by atoms with E-state index in [9.17, 15) is 20.1 Å². The average Bonchev–Trinajstić information content (AvgIpc) is 3.24. The number of aromatic nitrogens is 2. The van der Waals surface area contributed by atoms with Crippen molar-refractivity contribution < 1.29 is 24.9 Å². The molecule has 1 atom stereocenters. The quantitative estimate of drug-likeness (QED) is 0.465. The number of aliphatic hydroxyl groups excluding tert-OH is 1. The van der Waals surface area contributed by atoms with Crippen LogP contribution >= 0.6 is 15.9 Å². The molecule has 4 N–H and O–H groups in total. The van der Waals surface area contributed by atoms with Gasteiger partial charge < -0.3 is 25.0 Å². The van der Waals surface area contributed by atoms with Crippen LogP contribution in [0, 0.1) is 0 Å². The molecule has 9 heteroatoms. The number of methoxy groups -OCH3 is 1. The fourth-order valence-electron chi connectivity index (χ4n) is 3.67. The summed E-state index contributed by atoms with van der Waals surface area (Å²) in [5.41, 5.74) is 2.47. The smallest absolute Gasteiger partial charge is 0.273 e. The van der Waals surface area contributed by atoms with Crippen molar-refractivity contribution in [2.75, 3.05) is 20.3 Å². The third-order valence-corrected chi connectivity index (χ3v) is 5.55. The average molecular weight is 460 g/mol. The highest BCUT2D eigenvalue weighted by Gasteiger charge is 2.42. The third-order valence-electron chi connectivity index (χ3n) is 4.95. The Morgan fingerprint density at radius 1 is 1.28 bits per heavy atom. The van der Waals surface area contributed by atoms with Crippen molar-refractivity contribution in [3.63, 3.8) is 0 Å². The van der Waals surface area contributed by atoms with Crippen molar-refractivity contribution in [2.45, 2.75) is 6.04 Å². The summed E-state index contributed by atoms with van der Waals surface area (Å²) < 4.78 is 5.66. The molecule has 0 bridgehead atoms. The number of rotatable bonds is 5. The van der Waals surface area contributed by atoms with Gasteiger partial charge in [0.25, 0.3) is 5.91 Å². The second kappa shape index (κ2) is 7.41. The minimum Gasteiger partial charge on any atom is -0.507 e. The number of β-amino-alcohol motifs (C(OH)–C–C–N with tert-alkyl or cyclic N) is 1. The molecule has 1 amide bonds. The van der Waals surface area contributed by atoms with Gasteiger partial charge in [0.1, 0.15) is 17.1 Å². The van der Waals surface area contributed by atoms with Crippen LogP contribution in [-0.4, -0.2) is 56.6 Å². The fraction of sp³-hybridized carbons (Fsp3) is 0.200. The van der Waals surface area contributed by atoms with Gasteiger partial charge in [-0.05, 0) is 45.8 Å². The number of aromatic amines is 1. The number of para-hydroxylation sites is 1. The lowest BCUT2D eigenvalue weighted by Gasteiger charge is -2.26. The van der Waals surface area contributed by atoms with Gasteiger partial charge in [-0.2, -0.15) is 5.10 Å². The number of hydrogen-bond donors (Lipinski definition) is 4. The molecule has 8 nitrogen and oxygen atoms in total. The van der Waals surface area contributed by atoms with Crippen LogP contribution in [0.3, 0.4) is 0 Å². The molecule has 1 aromatic heterocycles. The zero-order chi connectivity index (χ0) is 20.7. The first-order valence-corrected chi connectivity index (χ1v) is 9.62. The topological polar surface area (TPSA) is 119 Å². The third kappa shape index (κ3) is 3.02. The molecule has 0 unspecified atom stereocenters. The highest BCUT2D eigenvalue weighted by Crippen LogP contribution is 2.47. The molecule has 4 rings (SSSR count). The first-order valence-electron chi connectivity index (χ1n) is 8.82. The maximum atomic E-state index is 13.0. The van der Waals surface area contributed by atoms with E-state index in [2.05, 4.69) is 26.1 Å². The molecule has 29 heavy (non-hydrogen) atoms. The molecule has 0 saturated carbocycles. The van der Waals surface area contributed by atoms with Crippen molar-refractivity contribution in [3.05, 3.63) is 57.7 Å². The van der Waals surface area contributed by atoms with Gasteiger partial charge in [-0.25, -0.2) is 0 Å². The van der Waals surface area contributed by atoms with Crippen molar-refractivity contribution in [1.82, 2.24) is 15.1 Å². The number of benzene rings is 2. The van der Waals surface area contributed by atoms with Gasteiger partial charge in [0, 0.05) is 17.7 Å². The Bertz CT molecular complexity index is 1100. The molecule has 2 aromatic carbocycles. The first kappa shape index (κ1) is 19.3. The number of phenolic OH excluding ortho intramolecular Hbond substituents is 2. The van der Waals surface area contributed by atoms with E-state index in [4.69, 9.17) is 4.74 Å². The highest BCUT2D eigenvalue weighted by atomic mass is 79.9. The second-order valence-corrected chi connectivity index (χ2v) is 7.41. The molecule has 0 spiro atoms. The highest BCUT2D eigenvalue weighted by molar-refractivity contribution is 9.10. The summed E-state index contributed by atoms with van der Waals surface area (Å²) in [6.45, 7) is -0.116. The Morgan fingerprint density at radius 2 is 2.03 bits per heavy atom. The zero-order valence-electron chi connectivity index (χ0n) is 15.4. The van der Waals surface area contributed by atoms with E-state index in [0.29, 0.717) is 32.6 Å². The lowest BCUT2D eigenvalue weighted by Crippen LogP contribution is -2.32. The molecular weight excluding hydrogens is 442 g/mol. The molecule has 150 valence electrons. The first-order chi connectivity index (χ1) is 14.0. The molecule has 1 aliphatic rings. The summed E-state index contributed by atoms with van der Waals surface area (Å²) in [4.78, 5) is 14.5. The van der Waals surface area contributed by atoms with Gasteiger partial charge in [-0.3, -0.25) is 9.89 Å². The zero-order valence-corrected chi connectivity index (χ0v) is 17.0. The van der Waals surface area contributed by atoms with Gasteiger partial charge in [0.2, 0.25) is 0 Å². The summed E-state index contributed by atoms with van der Waals surface area (Å²) >= 11 is 3.32. The number of amides is 1. The molecule has 0 fully saturated rings. The monoisotopic (exact) mass is 459 g/mol. The Balaban J connectivity index is 1.95. The van der Waals surface area contributed by atoms with Crippen molar-refractivity contribution in [1.29, 1.82) is 0 Å². The number of halogens is 1. The summed E-state index contributed by atoms with van der Waals surface area (Å²) in [5, 5.41) is 37.1. The van der Waals surface area contributed by atoms with E-state index < -0.39 is 6.04 Å². The van der Waals surface area contributed by atoms with Crippen LogP contribution in [0.1, 0.15) is 27.7 Å². The van der Waals surface area contributed by atoms with Gasteiger partial charge in [0.15, 0.2) is 11.5 Å². The number of hydrogen-bond acceptors (Lipinski definition) is 6. The molecular formula is C20H18BrN3O5. The van der Waals surface area contributed by atoms with Crippen LogP contribution in [0.5, 0.6) is 17.2 Å². The van der Waals surface area contributed by atoms with E-state index in [0.717, 1.165) is 0 Å². The number of fused-ring (bicyclic) bond motifs is 1. The van der Waals surface area contributed by atoms with E-state index in [1.165, 1.54) is 12.0 Å². The molecule has 0 radical (unpaired) electrons. The van der Waals surface area contributed by atoms with Crippen LogP contribution in [0.15, 0.2) is 40.9 Å². The maximum Gasteiger partial charge on any atom is 0.273 e. The minimum absolute atomic E-state index is 0.0399. The van der Waals surface area contributed by atoms with Crippen LogP contribution < -0.4 is 4.74 Å². The number of ether oxygens (including phenoxy) is 1. The van der Waals surface area contributed by atoms with Crippen LogP contribution in [0.2, 0.25) is 0 Å². The number of carbonyl (C=O) groups is 1. The molecule has 3 aromatic rings. The molecule has 0 saturated heterocycles. The van der Waals surface area contributed by atoms with E-state index in [1.807, 2.05) is 0 Å². The second-order valence-electron chi connectivity index (χ2n) is 6.56. The molecule has 2 heterocycles. The number of nitrogens with zero attached hydrogens (tertiary/aromatic N) is 2. The Labute approximate surface area is 174 Å². The number of H-pyrrole nitrogens is 1. The Hall–Kier alpha value is -3.04. The van der Waals surface area contributed by atoms with Gasteiger partial charge >= 0.3 is 0 Å². The van der Waals surface area contributed by atoms with Crippen LogP contribution in [0.25, 0.3) is 11.3 Å². The molecule has 1 aliphatic heterocycles. The largest absolute Gasteiger partial charge is 0.507 e. The number of carbonyl (C=O) groups excluding carboxylic acids is 1. The summed E-state index contributed by atoms with van der Waals surface area (Å²) in [5.74, 6) is -0.0797. The predicted octanol–water partition coefficient (Wildman–Crippen LogP) is 2.80. The van der Waals surface area contributed by atoms with Crippen molar-refractivity contribution >= 4 is 21.8 Å². The van der Waals surface area contributed by atoms with Gasteiger partial charge in [0.05, 0.1) is 24.2 Å². The molecule has 0 aliphatic carbocycles. The number of aromatic hydroxyl groups is 2. The summed E-state index contributed by atoms with van der Waals surface area (Å²) in [6, 6.07) is 9.48. The van der Waals surface area contributed by atoms with Crippen LogP contribution in [0.4, 0.5) is 0 Å². The standard InChI is InChI=1S/C20H18BrN3O5/c1-29-14-9-10(8-12(21)19(14)27)18-15-16(11-4-2-3-5-13(11)26)22-23-17(15)20(28)24(18)6-7-25/h2-5,8-9,18,25-27H,6-7H2,1H3,(H,22,23)/t18-/m0/s1. The number of aliphatic hydroxyl groups is 1. The Kier molecular flexibility index (Phi) is 4.93. The lowest BCUT2D eigenvalue weighted by atomic mass is 9.95. The van der Waals surface area contributed by atoms with E-state index in [1.54, 1.807) is 36.4 Å². The van der Waals surface area contributed by atoms with E-state index >= 15 is 0 Å². The van der Waals surface area contributed by atoms with Crippen molar-refractivity contribution in [3.8, 4) is 28.5 Å². The number of phenols is 2. The van der Waals surface area contributed by atoms with Gasteiger partial charge in [-0.15, -0.1) is 0 Å².